The first kappa shape index (κ1) is 18.9. The first-order valence-electron chi connectivity index (χ1n) is 9.47. The molecule has 3 rings (SSSR count). The summed E-state index contributed by atoms with van der Waals surface area (Å²) in [6, 6.07) is 17.4. The van der Waals surface area contributed by atoms with Gasteiger partial charge in [0.1, 0.15) is 0 Å². The molecular formula is C21H27N4O2+. The van der Waals surface area contributed by atoms with E-state index in [2.05, 4.69) is 39.8 Å². The maximum atomic E-state index is 12.4. The molecule has 1 saturated heterocycles. The van der Waals surface area contributed by atoms with Crippen LogP contribution in [0, 0.1) is 0 Å². The smallest absolute Gasteiger partial charge is 0.279 e. The Morgan fingerprint density at radius 2 is 1.78 bits per heavy atom. The molecule has 0 bridgehead atoms. The molecule has 2 aromatic rings. The second-order valence-corrected chi connectivity index (χ2v) is 6.74. The van der Waals surface area contributed by atoms with Crippen molar-refractivity contribution in [3.8, 4) is 0 Å². The van der Waals surface area contributed by atoms with E-state index in [-0.39, 0.29) is 11.8 Å². The summed E-state index contributed by atoms with van der Waals surface area (Å²) in [6.07, 6.45) is 0. The third-order valence-corrected chi connectivity index (χ3v) is 4.75. The van der Waals surface area contributed by atoms with Gasteiger partial charge in [0.15, 0.2) is 6.54 Å². The van der Waals surface area contributed by atoms with Crippen LogP contribution in [0.5, 0.6) is 0 Å². The molecule has 0 atom stereocenters. The minimum atomic E-state index is -0.128. The van der Waals surface area contributed by atoms with Gasteiger partial charge in [-0.25, -0.2) is 0 Å². The molecule has 0 saturated carbocycles. The molecule has 0 radical (unpaired) electrons. The van der Waals surface area contributed by atoms with Crippen molar-refractivity contribution < 1.29 is 14.5 Å². The highest BCUT2D eigenvalue weighted by Gasteiger charge is 2.22. The number of nitrogens with one attached hydrogen (secondary N) is 3. The van der Waals surface area contributed by atoms with E-state index in [0.29, 0.717) is 24.3 Å². The molecule has 1 heterocycles. The summed E-state index contributed by atoms with van der Waals surface area (Å²) in [6.45, 7) is 6.65. The third kappa shape index (κ3) is 5.31. The number of amides is 2. The summed E-state index contributed by atoms with van der Waals surface area (Å²) in [5.74, 6) is -0.150. The summed E-state index contributed by atoms with van der Waals surface area (Å²) in [4.78, 5) is 27.9. The Morgan fingerprint density at radius 1 is 1.04 bits per heavy atom. The summed E-state index contributed by atoms with van der Waals surface area (Å²) in [7, 11) is 0. The molecule has 3 N–H and O–H groups in total. The van der Waals surface area contributed by atoms with Gasteiger partial charge in [-0.2, -0.15) is 0 Å². The van der Waals surface area contributed by atoms with Gasteiger partial charge in [-0.15, -0.1) is 0 Å². The van der Waals surface area contributed by atoms with E-state index in [0.717, 1.165) is 26.2 Å². The Morgan fingerprint density at radius 3 is 2.48 bits per heavy atom. The molecule has 6 heteroatoms. The van der Waals surface area contributed by atoms with Crippen molar-refractivity contribution in [1.29, 1.82) is 0 Å². The van der Waals surface area contributed by atoms with Gasteiger partial charge in [-0.3, -0.25) is 9.59 Å². The van der Waals surface area contributed by atoms with Crippen LogP contribution < -0.4 is 20.4 Å². The molecule has 0 aromatic heterocycles. The van der Waals surface area contributed by atoms with Gasteiger partial charge in [-0.05, 0) is 37.3 Å². The first-order valence-corrected chi connectivity index (χ1v) is 9.47. The standard InChI is InChI=1S/C21H26N4O2/c1-2-22-21(27)17-7-6-8-18(15-17)23-20(26)16-24-11-13-25(14-12-24)19-9-4-3-5-10-19/h3-10,15H,2,11-14,16H2,1H3,(H,22,27)(H,23,26)/p+1. The van der Waals surface area contributed by atoms with E-state index < -0.39 is 0 Å². The van der Waals surface area contributed by atoms with E-state index in [1.54, 1.807) is 18.2 Å². The fourth-order valence-corrected chi connectivity index (χ4v) is 3.33. The van der Waals surface area contributed by atoms with Crippen LogP contribution in [0.25, 0.3) is 0 Å². The summed E-state index contributed by atoms with van der Waals surface area (Å²) >= 11 is 0. The number of quaternary nitrogens is 1. The summed E-state index contributed by atoms with van der Waals surface area (Å²) in [5.41, 5.74) is 2.45. The first-order chi connectivity index (χ1) is 13.2. The van der Waals surface area contributed by atoms with Crippen molar-refractivity contribution >= 4 is 23.2 Å². The monoisotopic (exact) mass is 367 g/mol. The van der Waals surface area contributed by atoms with Crippen molar-refractivity contribution in [2.75, 3.05) is 49.5 Å². The topological polar surface area (TPSA) is 65.9 Å². The second kappa shape index (κ2) is 9.19. The van der Waals surface area contributed by atoms with Crippen molar-refractivity contribution in [2.45, 2.75) is 6.92 Å². The van der Waals surface area contributed by atoms with Gasteiger partial charge in [0.05, 0.1) is 26.2 Å². The normalized spacial score (nSPS) is 14.6. The summed E-state index contributed by atoms with van der Waals surface area (Å²) < 4.78 is 0. The van der Waals surface area contributed by atoms with Crippen LogP contribution in [0.2, 0.25) is 0 Å². The van der Waals surface area contributed by atoms with Crippen LogP contribution in [0.15, 0.2) is 54.6 Å². The SMILES string of the molecule is CCNC(=O)c1cccc(NC(=O)C[NH+]2CCN(c3ccccc3)CC2)c1. The fourth-order valence-electron chi connectivity index (χ4n) is 3.33. The van der Waals surface area contributed by atoms with Crippen LogP contribution in [0.1, 0.15) is 17.3 Å². The molecule has 0 unspecified atom stereocenters. The lowest BCUT2D eigenvalue weighted by Crippen LogP contribution is -3.15. The van der Waals surface area contributed by atoms with Crippen molar-refractivity contribution in [3.63, 3.8) is 0 Å². The number of anilines is 2. The van der Waals surface area contributed by atoms with Crippen LogP contribution in [-0.4, -0.2) is 51.1 Å². The highest BCUT2D eigenvalue weighted by Crippen LogP contribution is 2.12. The van der Waals surface area contributed by atoms with E-state index in [1.807, 2.05) is 19.1 Å². The highest BCUT2D eigenvalue weighted by atomic mass is 16.2. The third-order valence-electron chi connectivity index (χ3n) is 4.75. The Labute approximate surface area is 160 Å². The number of piperazine rings is 1. The van der Waals surface area contributed by atoms with Crippen LogP contribution >= 0.6 is 0 Å². The molecule has 0 spiro atoms. The number of carbonyl (C=O) groups excluding carboxylic acids is 2. The molecule has 142 valence electrons. The maximum absolute atomic E-state index is 12.4. The number of para-hydroxylation sites is 1. The zero-order chi connectivity index (χ0) is 19.1. The molecule has 1 aliphatic heterocycles. The lowest BCUT2D eigenvalue weighted by Gasteiger charge is -2.33. The van der Waals surface area contributed by atoms with Crippen molar-refractivity contribution in [2.24, 2.45) is 0 Å². The average molecular weight is 367 g/mol. The predicted molar refractivity (Wildman–Crippen MR) is 107 cm³/mol. The van der Waals surface area contributed by atoms with E-state index in [4.69, 9.17) is 0 Å². The van der Waals surface area contributed by atoms with Crippen molar-refractivity contribution in [1.82, 2.24) is 5.32 Å². The van der Waals surface area contributed by atoms with Gasteiger partial charge < -0.3 is 20.4 Å². The van der Waals surface area contributed by atoms with E-state index in [1.165, 1.54) is 10.6 Å². The van der Waals surface area contributed by atoms with Gasteiger partial charge in [0, 0.05) is 23.5 Å². The summed E-state index contributed by atoms with van der Waals surface area (Å²) in [5, 5.41) is 5.68. The zero-order valence-corrected chi connectivity index (χ0v) is 15.7. The Balaban J connectivity index is 1.49. The zero-order valence-electron chi connectivity index (χ0n) is 15.7. The highest BCUT2D eigenvalue weighted by molar-refractivity contribution is 5.97. The van der Waals surface area contributed by atoms with E-state index >= 15 is 0 Å². The molecule has 6 nitrogen and oxygen atoms in total. The van der Waals surface area contributed by atoms with Crippen molar-refractivity contribution in [3.05, 3.63) is 60.2 Å². The molecule has 2 amide bonds. The Bertz CT molecular complexity index is 771. The number of rotatable bonds is 6. The Hall–Kier alpha value is -2.86. The minimum absolute atomic E-state index is 0.0220. The number of benzene rings is 2. The van der Waals surface area contributed by atoms with Crippen LogP contribution in [0.4, 0.5) is 11.4 Å². The largest absolute Gasteiger partial charge is 0.360 e. The van der Waals surface area contributed by atoms with Crippen LogP contribution in [-0.2, 0) is 4.79 Å². The molecule has 27 heavy (non-hydrogen) atoms. The number of nitrogens with zero attached hydrogens (tertiary/aromatic N) is 1. The minimum Gasteiger partial charge on any atom is -0.360 e. The van der Waals surface area contributed by atoms with Gasteiger partial charge in [0.2, 0.25) is 0 Å². The quantitative estimate of drug-likeness (QED) is 0.707. The molecule has 1 aliphatic rings. The van der Waals surface area contributed by atoms with Gasteiger partial charge in [0.25, 0.3) is 11.8 Å². The molecule has 2 aromatic carbocycles. The molecule has 0 aliphatic carbocycles. The van der Waals surface area contributed by atoms with Gasteiger partial charge in [-0.1, -0.05) is 24.3 Å². The maximum Gasteiger partial charge on any atom is 0.279 e. The lowest BCUT2D eigenvalue weighted by molar-refractivity contribution is -0.892. The second-order valence-electron chi connectivity index (χ2n) is 6.74. The molecular weight excluding hydrogens is 340 g/mol. The number of carbonyl (C=O) groups is 2. The molecule has 1 fully saturated rings. The average Bonchev–Trinajstić information content (AvgIpc) is 2.69. The van der Waals surface area contributed by atoms with Crippen LogP contribution in [0.3, 0.4) is 0 Å². The fraction of sp³-hybridized carbons (Fsp3) is 0.333. The van der Waals surface area contributed by atoms with E-state index in [9.17, 15) is 9.59 Å². The number of hydrogen-bond acceptors (Lipinski definition) is 3. The predicted octanol–water partition coefficient (Wildman–Crippen LogP) is 0.780. The lowest BCUT2D eigenvalue weighted by atomic mass is 10.2. The van der Waals surface area contributed by atoms with Gasteiger partial charge >= 0.3 is 0 Å². The Kier molecular flexibility index (Phi) is 6.44. The number of hydrogen-bond donors (Lipinski definition) is 3.